The molecule has 0 aliphatic rings. The lowest BCUT2D eigenvalue weighted by Gasteiger charge is -2.18. The Morgan fingerprint density at radius 3 is 2.30 bits per heavy atom. The summed E-state index contributed by atoms with van der Waals surface area (Å²) in [7, 11) is 0. The van der Waals surface area contributed by atoms with Crippen LogP contribution >= 0.6 is 0 Å². The molecule has 0 fully saturated rings. The van der Waals surface area contributed by atoms with Gasteiger partial charge in [0, 0.05) is 24.5 Å². The minimum Gasteiger partial charge on any atom is -0.389 e. The van der Waals surface area contributed by atoms with E-state index in [0.717, 1.165) is 44.5 Å². The van der Waals surface area contributed by atoms with E-state index in [0.29, 0.717) is 5.92 Å². The molecule has 0 bridgehead atoms. The normalized spacial score (nSPS) is 11.7. The Kier molecular flexibility index (Phi) is 14.9. The van der Waals surface area contributed by atoms with E-state index in [2.05, 4.69) is 44.2 Å². The second-order valence-electron chi connectivity index (χ2n) is 6.62. The molecule has 0 aliphatic carbocycles. The predicted octanol–water partition coefficient (Wildman–Crippen LogP) is 5.94. The molecule has 0 aromatic heterocycles. The van der Waals surface area contributed by atoms with Gasteiger partial charge in [-0.2, -0.15) is 0 Å². The molecule has 23 heavy (non-hydrogen) atoms. The largest absolute Gasteiger partial charge is 0.389 e. The van der Waals surface area contributed by atoms with Crippen molar-refractivity contribution in [2.45, 2.75) is 78.1 Å². The Morgan fingerprint density at radius 1 is 0.957 bits per heavy atom. The van der Waals surface area contributed by atoms with Gasteiger partial charge in [-0.25, -0.2) is 0 Å². The first-order chi connectivity index (χ1) is 11.1. The third-order valence-corrected chi connectivity index (χ3v) is 4.32. The zero-order chi connectivity index (χ0) is 17.3. The second-order valence-corrected chi connectivity index (χ2v) is 6.62. The fourth-order valence-corrected chi connectivity index (χ4v) is 2.49. The summed E-state index contributed by atoms with van der Waals surface area (Å²) in [5, 5.41) is 6.90. The summed E-state index contributed by atoms with van der Waals surface area (Å²) in [5.74, 6) is 0.502. The van der Waals surface area contributed by atoms with Crippen molar-refractivity contribution in [2.75, 3.05) is 13.1 Å². The first-order valence-corrected chi connectivity index (χ1v) is 9.57. The molecular weight excluding hydrogens is 280 g/mol. The molecular formula is C21H40N2. The van der Waals surface area contributed by atoms with Crippen LogP contribution in [-0.2, 0) is 0 Å². The van der Waals surface area contributed by atoms with Crippen LogP contribution in [-0.4, -0.2) is 13.1 Å². The fraction of sp³-hybridized carbons (Fsp3) is 0.714. The molecule has 0 aromatic rings. The van der Waals surface area contributed by atoms with Gasteiger partial charge in [-0.05, 0) is 38.0 Å². The number of nitrogens with one attached hydrogen (secondary N) is 2. The lowest BCUT2D eigenvalue weighted by Crippen LogP contribution is -2.20. The van der Waals surface area contributed by atoms with Gasteiger partial charge >= 0.3 is 0 Å². The van der Waals surface area contributed by atoms with Crippen molar-refractivity contribution in [3.63, 3.8) is 0 Å². The minimum absolute atomic E-state index is 0.502. The van der Waals surface area contributed by atoms with Crippen molar-refractivity contribution in [3.8, 4) is 0 Å². The summed E-state index contributed by atoms with van der Waals surface area (Å²) in [6.45, 7) is 18.6. The monoisotopic (exact) mass is 320 g/mol. The van der Waals surface area contributed by atoms with Crippen LogP contribution in [0.3, 0.4) is 0 Å². The minimum atomic E-state index is 0.502. The van der Waals surface area contributed by atoms with Gasteiger partial charge in [0.15, 0.2) is 0 Å². The highest BCUT2D eigenvalue weighted by Crippen LogP contribution is 2.15. The molecule has 0 spiro atoms. The zero-order valence-corrected chi connectivity index (χ0v) is 15.8. The Bertz CT molecular complexity index is 320. The Hall–Kier alpha value is -1.18. The van der Waals surface area contributed by atoms with Crippen molar-refractivity contribution in [3.05, 3.63) is 37.2 Å². The van der Waals surface area contributed by atoms with E-state index in [9.17, 15) is 0 Å². The van der Waals surface area contributed by atoms with Crippen LogP contribution in [0.1, 0.15) is 78.1 Å². The lowest BCUT2D eigenvalue weighted by atomic mass is 10.0. The van der Waals surface area contributed by atoms with Crippen LogP contribution in [0.5, 0.6) is 0 Å². The highest BCUT2D eigenvalue weighted by atomic mass is 14.9. The van der Waals surface area contributed by atoms with Crippen LogP contribution in [0, 0.1) is 5.92 Å². The maximum Gasteiger partial charge on any atom is 0.0146 e. The smallest absolute Gasteiger partial charge is 0.0146 e. The van der Waals surface area contributed by atoms with E-state index in [-0.39, 0.29) is 0 Å². The van der Waals surface area contributed by atoms with E-state index in [1.54, 1.807) is 0 Å². The number of unbranched alkanes of at least 4 members (excludes halogenated alkanes) is 6. The average molecular weight is 321 g/mol. The van der Waals surface area contributed by atoms with Gasteiger partial charge in [-0.1, -0.05) is 65.2 Å². The third kappa shape index (κ3) is 14.2. The summed E-state index contributed by atoms with van der Waals surface area (Å²) in [6.07, 6.45) is 14.3. The Balaban J connectivity index is 3.57. The van der Waals surface area contributed by atoms with E-state index < -0.39 is 0 Å². The maximum absolute atomic E-state index is 4.19. The van der Waals surface area contributed by atoms with Gasteiger partial charge in [0.05, 0.1) is 0 Å². The lowest BCUT2D eigenvalue weighted by molar-refractivity contribution is 0.531. The Morgan fingerprint density at radius 2 is 1.61 bits per heavy atom. The zero-order valence-electron chi connectivity index (χ0n) is 15.8. The standard InChI is InChI=1S/C21H40N2/c1-6-8-10-11-12-14-18-23-21(5)19(3)15-16-20(4)22-17-13-9-7-2/h7,19,22-23H,2,4-6,8-18H2,1,3H3. The second kappa shape index (κ2) is 15.7. The summed E-state index contributed by atoms with van der Waals surface area (Å²) in [4.78, 5) is 0. The summed E-state index contributed by atoms with van der Waals surface area (Å²) >= 11 is 0. The van der Waals surface area contributed by atoms with Crippen LogP contribution in [0.15, 0.2) is 37.2 Å². The van der Waals surface area contributed by atoms with E-state index >= 15 is 0 Å². The van der Waals surface area contributed by atoms with Crippen LogP contribution in [0.4, 0.5) is 0 Å². The number of hydrogen-bond acceptors (Lipinski definition) is 2. The van der Waals surface area contributed by atoms with Crippen molar-refractivity contribution in [1.82, 2.24) is 10.6 Å². The van der Waals surface area contributed by atoms with Gasteiger partial charge in [0.2, 0.25) is 0 Å². The first kappa shape index (κ1) is 21.8. The molecule has 2 N–H and O–H groups in total. The van der Waals surface area contributed by atoms with E-state index in [1.807, 2.05) is 6.08 Å². The fourth-order valence-electron chi connectivity index (χ4n) is 2.49. The van der Waals surface area contributed by atoms with Gasteiger partial charge in [0.25, 0.3) is 0 Å². The number of rotatable bonds is 17. The molecule has 2 heteroatoms. The van der Waals surface area contributed by atoms with Crippen LogP contribution < -0.4 is 10.6 Å². The van der Waals surface area contributed by atoms with Gasteiger partial charge < -0.3 is 10.6 Å². The molecule has 1 unspecified atom stereocenters. The van der Waals surface area contributed by atoms with Gasteiger partial charge in [-0.3, -0.25) is 0 Å². The topological polar surface area (TPSA) is 24.1 Å². The quantitative estimate of drug-likeness (QED) is 0.256. The maximum atomic E-state index is 4.19. The number of hydrogen-bond donors (Lipinski definition) is 2. The van der Waals surface area contributed by atoms with E-state index in [1.165, 1.54) is 44.2 Å². The number of allylic oxidation sites excluding steroid dienone is 3. The predicted molar refractivity (Wildman–Crippen MR) is 105 cm³/mol. The van der Waals surface area contributed by atoms with Crippen LogP contribution in [0.2, 0.25) is 0 Å². The first-order valence-electron chi connectivity index (χ1n) is 9.57. The summed E-state index contributed by atoms with van der Waals surface area (Å²) < 4.78 is 0. The molecule has 0 saturated heterocycles. The molecule has 0 saturated carbocycles. The highest BCUT2D eigenvalue weighted by Gasteiger charge is 2.07. The van der Waals surface area contributed by atoms with E-state index in [4.69, 9.17) is 0 Å². The molecule has 0 aliphatic heterocycles. The van der Waals surface area contributed by atoms with Crippen molar-refractivity contribution < 1.29 is 0 Å². The van der Waals surface area contributed by atoms with Gasteiger partial charge in [0.1, 0.15) is 0 Å². The Labute approximate surface area is 145 Å². The molecule has 134 valence electrons. The van der Waals surface area contributed by atoms with Crippen molar-refractivity contribution in [1.29, 1.82) is 0 Å². The van der Waals surface area contributed by atoms with Crippen LogP contribution in [0.25, 0.3) is 0 Å². The molecule has 0 rings (SSSR count). The molecule has 1 atom stereocenters. The van der Waals surface area contributed by atoms with Gasteiger partial charge in [-0.15, -0.1) is 6.58 Å². The van der Waals surface area contributed by atoms with Crippen molar-refractivity contribution >= 4 is 0 Å². The average Bonchev–Trinajstić information content (AvgIpc) is 2.55. The molecule has 0 amide bonds. The highest BCUT2D eigenvalue weighted by molar-refractivity contribution is 4.99. The summed E-state index contributed by atoms with van der Waals surface area (Å²) in [6, 6.07) is 0. The molecule has 0 aromatic carbocycles. The molecule has 2 nitrogen and oxygen atoms in total. The molecule has 0 radical (unpaired) electrons. The third-order valence-electron chi connectivity index (χ3n) is 4.32. The SMILES string of the molecule is C=CCCCNC(=C)CCC(C)C(=C)NCCCCCCCC. The molecule has 0 heterocycles. The summed E-state index contributed by atoms with van der Waals surface area (Å²) in [5.41, 5.74) is 2.32. The van der Waals surface area contributed by atoms with Crippen molar-refractivity contribution in [2.24, 2.45) is 5.92 Å².